The number of phenolic OH excluding ortho intramolecular Hbond substituents is 1. The Hall–Kier alpha value is -1.84. The van der Waals surface area contributed by atoms with Crippen LogP contribution in [0.1, 0.15) is 5.56 Å². The van der Waals surface area contributed by atoms with E-state index in [1.165, 1.54) is 30.6 Å². The topological polar surface area (TPSA) is 69.9 Å². The van der Waals surface area contributed by atoms with Gasteiger partial charge in [-0.3, -0.25) is 4.79 Å². The Labute approximate surface area is 68.8 Å². The van der Waals surface area contributed by atoms with Gasteiger partial charge in [-0.25, -0.2) is 0 Å². The SMILES string of the molecule is O=[C]/C(=N\O)c1ccc(O)cc1. The van der Waals surface area contributed by atoms with Crippen LogP contribution in [0.3, 0.4) is 0 Å². The van der Waals surface area contributed by atoms with Crippen molar-refractivity contribution in [2.75, 3.05) is 0 Å². The van der Waals surface area contributed by atoms with Crippen molar-refractivity contribution in [1.29, 1.82) is 0 Å². The number of phenols is 1. The van der Waals surface area contributed by atoms with Crippen molar-refractivity contribution in [3.8, 4) is 5.75 Å². The van der Waals surface area contributed by atoms with Crippen molar-refractivity contribution < 1.29 is 15.1 Å². The van der Waals surface area contributed by atoms with Gasteiger partial charge in [-0.05, 0) is 24.3 Å². The third-order valence-electron chi connectivity index (χ3n) is 1.34. The molecule has 0 heterocycles. The molecule has 0 aliphatic heterocycles. The summed E-state index contributed by atoms with van der Waals surface area (Å²) in [5.41, 5.74) is 0.223. The Morgan fingerprint density at radius 1 is 1.33 bits per heavy atom. The first-order chi connectivity index (χ1) is 5.77. The molecule has 0 spiro atoms. The van der Waals surface area contributed by atoms with Crippen molar-refractivity contribution in [2.45, 2.75) is 0 Å². The number of carbonyl (C=O) groups excluding carboxylic acids is 1. The molecule has 0 unspecified atom stereocenters. The maximum absolute atomic E-state index is 10.1. The van der Waals surface area contributed by atoms with E-state index in [0.717, 1.165) is 0 Å². The summed E-state index contributed by atoms with van der Waals surface area (Å²) in [6.07, 6.45) is 1.46. The average Bonchev–Trinajstić information content (AvgIpc) is 2.10. The fourth-order valence-electron chi connectivity index (χ4n) is 0.756. The lowest BCUT2D eigenvalue weighted by Gasteiger charge is -1.95. The molecule has 0 aliphatic rings. The number of hydrogen-bond donors (Lipinski definition) is 2. The second-order valence-electron chi connectivity index (χ2n) is 2.10. The molecule has 0 fully saturated rings. The van der Waals surface area contributed by atoms with Gasteiger partial charge in [0.1, 0.15) is 5.75 Å². The van der Waals surface area contributed by atoms with Crippen molar-refractivity contribution >= 4 is 12.0 Å². The second-order valence-corrected chi connectivity index (χ2v) is 2.10. The van der Waals surface area contributed by atoms with Crippen molar-refractivity contribution in [3.05, 3.63) is 29.8 Å². The van der Waals surface area contributed by atoms with Crippen LogP contribution in [0.2, 0.25) is 0 Å². The minimum absolute atomic E-state index is 0.0851. The summed E-state index contributed by atoms with van der Waals surface area (Å²) in [6.45, 7) is 0. The highest BCUT2D eigenvalue weighted by Gasteiger charge is 2.02. The summed E-state index contributed by atoms with van der Waals surface area (Å²) in [4.78, 5) is 10.1. The molecule has 12 heavy (non-hydrogen) atoms. The first-order valence-corrected chi connectivity index (χ1v) is 3.17. The molecule has 0 aromatic heterocycles. The molecule has 0 atom stereocenters. The minimum Gasteiger partial charge on any atom is -0.508 e. The predicted octanol–water partition coefficient (Wildman–Crippen LogP) is 0.680. The number of benzene rings is 1. The molecule has 4 heteroatoms. The summed E-state index contributed by atoms with van der Waals surface area (Å²) < 4.78 is 0. The summed E-state index contributed by atoms with van der Waals surface area (Å²) >= 11 is 0. The third-order valence-corrected chi connectivity index (χ3v) is 1.34. The van der Waals surface area contributed by atoms with Crippen molar-refractivity contribution in [2.24, 2.45) is 5.16 Å². The number of aromatic hydroxyl groups is 1. The van der Waals surface area contributed by atoms with Gasteiger partial charge < -0.3 is 10.3 Å². The lowest BCUT2D eigenvalue weighted by atomic mass is 10.1. The Kier molecular flexibility index (Phi) is 2.42. The minimum atomic E-state index is -0.185. The highest BCUT2D eigenvalue weighted by atomic mass is 16.4. The maximum Gasteiger partial charge on any atom is 0.257 e. The van der Waals surface area contributed by atoms with Gasteiger partial charge in [0.2, 0.25) is 0 Å². The Morgan fingerprint density at radius 3 is 2.33 bits per heavy atom. The number of hydrogen-bond acceptors (Lipinski definition) is 4. The molecular weight excluding hydrogens is 158 g/mol. The zero-order valence-corrected chi connectivity index (χ0v) is 6.06. The lowest BCUT2D eigenvalue weighted by molar-refractivity contribution is 0.320. The van der Waals surface area contributed by atoms with Crippen LogP contribution in [-0.4, -0.2) is 22.3 Å². The Balaban J connectivity index is 3.04. The zero-order chi connectivity index (χ0) is 8.97. The first-order valence-electron chi connectivity index (χ1n) is 3.17. The van der Waals surface area contributed by atoms with Crippen LogP contribution in [0.4, 0.5) is 0 Å². The standard InChI is InChI=1S/C8H6NO3/c10-5-8(9-12)6-1-3-7(11)4-2-6/h1-4,11-12H/b9-8+. The molecule has 1 radical (unpaired) electrons. The van der Waals surface area contributed by atoms with E-state index >= 15 is 0 Å². The summed E-state index contributed by atoms with van der Waals surface area (Å²) in [7, 11) is 0. The number of rotatable bonds is 2. The average molecular weight is 164 g/mol. The first kappa shape index (κ1) is 8.26. The van der Waals surface area contributed by atoms with Gasteiger partial charge in [-0.1, -0.05) is 5.16 Å². The van der Waals surface area contributed by atoms with Gasteiger partial charge in [-0.2, -0.15) is 0 Å². The fraction of sp³-hybridized carbons (Fsp3) is 0. The van der Waals surface area contributed by atoms with E-state index in [2.05, 4.69) is 5.16 Å². The number of oxime groups is 1. The molecule has 4 nitrogen and oxygen atoms in total. The smallest absolute Gasteiger partial charge is 0.257 e. The van der Waals surface area contributed by atoms with E-state index in [9.17, 15) is 4.79 Å². The molecule has 2 N–H and O–H groups in total. The molecule has 0 saturated carbocycles. The van der Waals surface area contributed by atoms with Gasteiger partial charge in [0, 0.05) is 5.56 Å². The lowest BCUT2D eigenvalue weighted by Crippen LogP contribution is -2.00. The monoisotopic (exact) mass is 164 g/mol. The van der Waals surface area contributed by atoms with Crippen LogP contribution in [0.5, 0.6) is 5.75 Å². The summed E-state index contributed by atoms with van der Waals surface area (Å²) in [5, 5.41) is 19.9. The summed E-state index contributed by atoms with van der Waals surface area (Å²) in [6, 6.07) is 5.68. The van der Waals surface area contributed by atoms with Gasteiger partial charge in [0.05, 0.1) is 0 Å². The Bertz CT molecular complexity index is 303. The van der Waals surface area contributed by atoms with E-state index in [4.69, 9.17) is 10.3 Å². The highest BCUT2D eigenvalue weighted by Crippen LogP contribution is 2.09. The van der Waals surface area contributed by atoms with E-state index < -0.39 is 0 Å². The Morgan fingerprint density at radius 2 is 1.92 bits per heavy atom. The second kappa shape index (κ2) is 3.52. The van der Waals surface area contributed by atoms with Crippen molar-refractivity contribution in [3.63, 3.8) is 0 Å². The van der Waals surface area contributed by atoms with Crippen LogP contribution in [-0.2, 0) is 4.79 Å². The number of nitrogens with zero attached hydrogens (tertiary/aromatic N) is 1. The van der Waals surface area contributed by atoms with Gasteiger partial charge in [0.15, 0.2) is 5.71 Å². The van der Waals surface area contributed by atoms with E-state index in [-0.39, 0.29) is 11.5 Å². The molecule has 1 aromatic carbocycles. The zero-order valence-electron chi connectivity index (χ0n) is 6.06. The van der Waals surface area contributed by atoms with Gasteiger partial charge in [-0.15, -0.1) is 0 Å². The quantitative estimate of drug-likeness (QED) is 0.383. The molecule has 0 saturated heterocycles. The normalized spacial score (nSPS) is 11.2. The van der Waals surface area contributed by atoms with E-state index in [0.29, 0.717) is 5.56 Å². The maximum atomic E-state index is 10.1. The van der Waals surface area contributed by atoms with E-state index in [1.807, 2.05) is 0 Å². The van der Waals surface area contributed by atoms with Crippen LogP contribution >= 0.6 is 0 Å². The molecular formula is C8H6NO3. The molecule has 61 valence electrons. The molecule has 0 amide bonds. The van der Waals surface area contributed by atoms with Crippen LogP contribution < -0.4 is 0 Å². The molecule has 1 aromatic rings. The van der Waals surface area contributed by atoms with Crippen LogP contribution in [0.25, 0.3) is 0 Å². The highest BCUT2D eigenvalue weighted by molar-refractivity contribution is 6.36. The van der Waals surface area contributed by atoms with Crippen molar-refractivity contribution in [1.82, 2.24) is 0 Å². The molecule has 1 rings (SSSR count). The van der Waals surface area contributed by atoms with E-state index in [1.54, 1.807) is 0 Å². The molecule has 0 bridgehead atoms. The summed E-state index contributed by atoms with van der Waals surface area (Å²) in [5.74, 6) is 0.0851. The third kappa shape index (κ3) is 1.60. The van der Waals surface area contributed by atoms with Crippen LogP contribution in [0.15, 0.2) is 29.4 Å². The molecule has 0 aliphatic carbocycles. The largest absolute Gasteiger partial charge is 0.508 e. The van der Waals surface area contributed by atoms with Gasteiger partial charge in [0.25, 0.3) is 6.29 Å². The van der Waals surface area contributed by atoms with Gasteiger partial charge >= 0.3 is 0 Å². The van der Waals surface area contributed by atoms with Crippen LogP contribution in [0, 0.1) is 0 Å². The predicted molar refractivity (Wildman–Crippen MR) is 42.1 cm³/mol. The fourth-order valence-corrected chi connectivity index (χ4v) is 0.756.